The molecule has 2 unspecified atom stereocenters. The number of hydrogen-bond acceptors (Lipinski definition) is 4. The van der Waals surface area contributed by atoms with E-state index >= 15 is 0 Å². The highest BCUT2D eigenvalue weighted by atomic mass is 35.5. The minimum absolute atomic E-state index is 0.199. The quantitative estimate of drug-likeness (QED) is 0.654. The number of hydrogen-bond donors (Lipinski definition) is 1. The van der Waals surface area contributed by atoms with Gasteiger partial charge in [-0.15, -0.1) is 0 Å². The molecule has 0 saturated carbocycles. The Hall–Kier alpha value is -1.63. The van der Waals surface area contributed by atoms with Crippen LogP contribution in [0.5, 0.6) is 0 Å². The Morgan fingerprint density at radius 1 is 1.26 bits per heavy atom. The molecule has 7 heteroatoms. The fourth-order valence-electron chi connectivity index (χ4n) is 3.03. The summed E-state index contributed by atoms with van der Waals surface area (Å²) in [5.74, 6) is -0.322. The molecular formula is C16H19ClN2O4. The standard InChI is InChI=1S/C16H19ClN2O4/c17-12-5-3-11(4-6-12)10-23-9-8-19-15(21)14-13(20)2-1-7-18(14)16(19)22/h3-6,13-14,20H,1-2,7-10H2. The van der Waals surface area contributed by atoms with E-state index in [-0.39, 0.29) is 25.1 Å². The van der Waals surface area contributed by atoms with Crippen LogP contribution in [-0.2, 0) is 16.1 Å². The largest absolute Gasteiger partial charge is 0.390 e. The first-order valence-corrected chi connectivity index (χ1v) is 8.08. The maximum Gasteiger partial charge on any atom is 0.327 e. The minimum atomic E-state index is -0.764. The van der Waals surface area contributed by atoms with Gasteiger partial charge in [0.05, 0.1) is 25.9 Å². The van der Waals surface area contributed by atoms with E-state index in [1.165, 1.54) is 9.80 Å². The molecule has 0 spiro atoms. The van der Waals surface area contributed by atoms with Crippen LogP contribution in [0.2, 0.25) is 5.02 Å². The second kappa shape index (κ2) is 6.86. The number of ether oxygens (including phenoxy) is 1. The van der Waals surface area contributed by atoms with Crippen molar-refractivity contribution >= 4 is 23.5 Å². The summed E-state index contributed by atoms with van der Waals surface area (Å²) in [5.41, 5.74) is 0.973. The molecule has 23 heavy (non-hydrogen) atoms. The lowest BCUT2D eigenvalue weighted by Crippen LogP contribution is -2.48. The molecule has 2 heterocycles. The number of rotatable bonds is 5. The number of benzene rings is 1. The zero-order valence-electron chi connectivity index (χ0n) is 12.7. The summed E-state index contributed by atoms with van der Waals surface area (Å²) in [6.45, 7) is 1.37. The van der Waals surface area contributed by atoms with E-state index in [2.05, 4.69) is 0 Å². The zero-order valence-corrected chi connectivity index (χ0v) is 13.4. The highest BCUT2D eigenvalue weighted by molar-refractivity contribution is 6.30. The fraction of sp³-hybridized carbons (Fsp3) is 0.500. The topological polar surface area (TPSA) is 70.1 Å². The van der Waals surface area contributed by atoms with E-state index in [4.69, 9.17) is 16.3 Å². The average Bonchev–Trinajstić information content (AvgIpc) is 2.79. The molecule has 3 rings (SSSR count). The van der Waals surface area contributed by atoms with Gasteiger partial charge < -0.3 is 14.7 Å². The Kier molecular flexibility index (Phi) is 4.84. The van der Waals surface area contributed by atoms with Crippen molar-refractivity contribution in [3.05, 3.63) is 34.9 Å². The second-order valence-electron chi connectivity index (χ2n) is 5.80. The number of urea groups is 1. The van der Waals surface area contributed by atoms with Crippen molar-refractivity contribution in [2.75, 3.05) is 19.7 Å². The third-order valence-corrected chi connectivity index (χ3v) is 4.49. The van der Waals surface area contributed by atoms with E-state index in [0.717, 1.165) is 12.0 Å². The summed E-state index contributed by atoms with van der Waals surface area (Å²) >= 11 is 5.82. The Morgan fingerprint density at radius 2 is 2.00 bits per heavy atom. The van der Waals surface area contributed by atoms with Crippen LogP contribution < -0.4 is 0 Å². The van der Waals surface area contributed by atoms with Crippen LogP contribution in [0.1, 0.15) is 18.4 Å². The Bertz CT molecular complexity index is 592. The molecule has 1 N–H and O–H groups in total. The van der Waals surface area contributed by atoms with Crippen molar-refractivity contribution in [3.63, 3.8) is 0 Å². The van der Waals surface area contributed by atoms with Crippen LogP contribution in [0.3, 0.4) is 0 Å². The number of aliphatic hydroxyl groups is 1. The van der Waals surface area contributed by atoms with E-state index in [1.54, 1.807) is 12.1 Å². The monoisotopic (exact) mass is 338 g/mol. The highest BCUT2D eigenvalue weighted by Gasteiger charge is 2.49. The van der Waals surface area contributed by atoms with Gasteiger partial charge in [0.2, 0.25) is 0 Å². The van der Waals surface area contributed by atoms with Gasteiger partial charge in [-0.25, -0.2) is 4.79 Å². The smallest absolute Gasteiger partial charge is 0.327 e. The number of nitrogens with zero attached hydrogens (tertiary/aromatic N) is 2. The molecule has 0 bridgehead atoms. The number of carbonyl (C=O) groups excluding carboxylic acids is 2. The van der Waals surface area contributed by atoms with Crippen LogP contribution in [0.15, 0.2) is 24.3 Å². The molecule has 1 aromatic carbocycles. The molecule has 1 aromatic rings. The number of aliphatic hydroxyl groups excluding tert-OH is 1. The summed E-state index contributed by atoms with van der Waals surface area (Å²) < 4.78 is 5.53. The molecule has 2 atom stereocenters. The van der Waals surface area contributed by atoms with Gasteiger partial charge in [0, 0.05) is 11.6 Å². The molecule has 124 valence electrons. The summed E-state index contributed by atoms with van der Waals surface area (Å²) in [4.78, 5) is 27.2. The van der Waals surface area contributed by atoms with Gasteiger partial charge in [-0.05, 0) is 30.5 Å². The number of fused-ring (bicyclic) bond motifs is 1. The van der Waals surface area contributed by atoms with Gasteiger partial charge in [-0.2, -0.15) is 0 Å². The maximum absolute atomic E-state index is 12.3. The summed E-state index contributed by atoms with van der Waals surface area (Å²) in [6.07, 6.45) is 0.513. The lowest BCUT2D eigenvalue weighted by molar-refractivity contribution is -0.132. The predicted octanol–water partition coefficient (Wildman–Crippen LogP) is 1.64. The number of halogens is 1. The molecule has 6 nitrogen and oxygen atoms in total. The van der Waals surface area contributed by atoms with Crippen molar-refractivity contribution in [2.45, 2.75) is 31.6 Å². The van der Waals surface area contributed by atoms with Crippen molar-refractivity contribution in [2.24, 2.45) is 0 Å². The maximum atomic E-state index is 12.3. The molecular weight excluding hydrogens is 320 g/mol. The SMILES string of the molecule is O=C1C2C(O)CCCN2C(=O)N1CCOCc1ccc(Cl)cc1. The number of carbonyl (C=O) groups is 2. The molecule has 3 amide bonds. The molecule has 0 radical (unpaired) electrons. The lowest BCUT2D eigenvalue weighted by Gasteiger charge is -2.30. The Labute approximate surface area is 139 Å². The highest BCUT2D eigenvalue weighted by Crippen LogP contribution is 2.26. The second-order valence-corrected chi connectivity index (χ2v) is 6.24. The van der Waals surface area contributed by atoms with Crippen molar-refractivity contribution in [3.8, 4) is 0 Å². The summed E-state index contributed by atoms with van der Waals surface area (Å²) in [6, 6.07) is 6.26. The first kappa shape index (κ1) is 16.2. The molecule has 0 aromatic heterocycles. The van der Waals surface area contributed by atoms with E-state index in [1.807, 2.05) is 12.1 Å². The van der Waals surface area contributed by atoms with Crippen molar-refractivity contribution in [1.29, 1.82) is 0 Å². The summed E-state index contributed by atoms with van der Waals surface area (Å²) in [5, 5.41) is 10.6. The number of amides is 3. The molecule has 2 fully saturated rings. The van der Waals surface area contributed by atoms with E-state index in [9.17, 15) is 14.7 Å². The third-order valence-electron chi connectivity index (χ3n) is 4.24. The fourth-order valence-corrected chi connectivity index (χ4v) is 3.16. The minimum Gasteiger partial charge on any atom is -0.390 e. The van der Waals surface area contributed by atoms with Crippen LogP contribution >= 0.6 is 11.6 Å². The van der Waals surface area contributed by atoms with Crippen LogP contribution in [0.4, 0.5) is 4.79 Å². The number of imide groups is 1. The molecule has 2 aliphatic rings. The van der Waals surface area contributed by atoms with Crippen molar-refractivity contribution < 1.29 is 19.4 Å². The predicted molar refractivity (Wildman–Crippen MR) is 84.0 cm³/mol. The zero-order chi connectivity index (χ0) is 16.4. The van der Waals surface area contributed by atoms with Crippen LogP contribution in [-0.4, -0.2) is 58.7 Å². The Morgan fingerprint density at radius 3 is 2.70 bits per heavy atom. The van der Waals surface area contributed by atoms with Gasteiger partial charge in [0.1, 0.15) is 6.04 Å². The van der Waals surface area contributed by atoms with Gasteiger partial charge in [-0.1, -0.05) is 23.7 Å². The van der Waals surface area contributed by atoms with Gasteiger partial charge in [-0.3, -0.25) is 9.69 Å². The van der Waals surface area contributed by atoms with Crippen LogP contribution in [0.25, 0.3) is 0 Å². The first-order valence-electron chi connectivity index (χ1n) is 7.70. The normalized spacial score (nSPS) is 24.3. The van der Waals surface area contributed by atoms with Gasteiger partial charge in [0.25, 0.3) is 5.91 Å². The third kappa shape index (κ3) is 3.34. The summed E-state index contributed by atoms with van der Waals surface area (Å²) in [7, 11) is 0. The van der Waals surface area contributed by atoms with Crippen molar-refractivity contribution in [1.82, 2.24) is 9.80 Å². The average molecular weight is 339 g/mol. The first-order chi connectivity index (χ1) is 11.1. The van der Waals surface area contributed by atoms with Gasteiger partial charge >= 0.3 is 6.03 Å². The van der Waals surface area contributed by atoms with E-state index < -0.39 is 12.1 Å². The van der Waals surface area contributed by atoms with Gasteiger partial charge in [0.15, 0.2) is 0 Å². The molecule has 0 aliphatic carbocycles. The molecule has 2 saturated heterocycles. The molecule has 2 aliphatic heterocycles. The Balaban J connectivity index is 1.51. The van der Waals surface area contributed by atoms with Crippen LogP contribution in [0, 0.1) is 0 Å². The van der Waals surface area contributed by atoms with E-state index in [0.29, 0.717) is 24.6 Å². The number of piperidine rings is 1. The lowest BCUT2D eigenvalue weighted by atomic mass is 10.0.